The van der Waals surface area contributed by atoms with Gasteiger partial charge in [0.2, 0.25) is 0 Å². The first-order chi connectivity index (χ1) is 5.68. The van der Waals surface area contributed by atoms with Crippen molar-refractivity contribution in [3.05, 3.63) is 0 Å². The Morgan fingerprint density at radius 3 is 2.92 bits per heavy atom. The summed E-state index contributed by atoms with van der Waals surface area (Å²) in [4.78, 5) is 4.28. The molecule has 1 aliphatic rings. The van der Waals surface area contributed by atoms with Gasteiger partial charge in [0.25, 0.3) is 0 Å². The van der Waals surface area contributed by atoms with Crippen LogP contribution in [-0.4, -0.2) is 25.1 Å². The second kappa shape index (κ2) is 4.45. The Bertz CT molecular complexity index is 160. The van der Waals surface area contributed by atoms with Crippen LogP contribution in [0.1, 0.15) is 26.7 Å². The molecule has 0 aliphatic carbocycles. The highest BCUT2D eigenvalue weighted by atomic mass is 16.5. The minimum atomic E-state index is 0.312. The molecule has 3 heteroatoms. The average molecular weight is 170 g/mol. The van der Waals surface area contributed by atoms with Crippen molar-refractivity contribution in [3.8, 4) is 0 Å². The van der Waals surface area contributed by atoms with Gasteiger partial charge >= 0.3 is 0 Å². The van der Waals surface area contributed by atoms with Crippen molar-refractivity contribution in [2.45, 2.75) is 32.7 Å². The van der Waals surface area contributed by atoms with Crippen LogP contribution in [0.25, 0.3) is 0 Å². The monoisotopic (exact) mass is 170 g/mol. The van der Waals surface area contributed by atoms with E-state index in [1.807, 2.05) is 13.8 Å². The largest absolute Gasteiger partial charge is 0.387 e. The lowest BCUT2D eigenvalue weighted by molar-refractivity contribution is 0.187. The van der Waals surface area contributed by atoms with Crippen molar-refractivity contribution in [2.24, 2.45) is 16.6 Å². The summed E-state index contributed by atoms with van der Waals surface area (Å²) in [6.45, 7) is 5.82. The van der Waals surface area contributed by atoms with E-state index in [1.54, 1.807) is 0 Å². The van der Waals surface area contributed by atoms with Gasteiger partial charge in [-0.3, -0.25) is 4.99 Å². The summed E-state index contributed by atoms with van der Waals surface area (Å²) in [5, 5.41) is 0. The van der Waals surface area contributed by atoms with Gasteiger partial charge in [0.15, 0.2) is 0 Å². The number of nitrogens with zero attached hydrogens (tertiary/aromatic N) is 1. The fourth-order valence-electron chi connectivity index (χ4n) is 1.42. The zero-order chi connectivity index (χ0) is 8.97. The zero-order valence-corrected chi connectivity index (χ0v) is 7.92. The summed E-state index contributed by atoms with van der Waals surface area (Å²) in [5.41, 5.74) is 5.75. The molecule has 2 N–H and O–H groups in total. The quantitative estimate of drug-likeness (QED) is 0.510. The van der Waals surface area contributed by atoms with Gasteiger partial charge < -0.3 is 10.5 Å². The van der Waals surface area contributed by atoms with Gasteiger partial charge in [-0.25, -0.2) is 0 Å². The number of aliphatic imine (C=N–C) groups is 1. The number of amidine groups is 1. The molecule has 0 radical (unpaired) electrons. The summed E-state index contributed by atoms with van der Waals surface area (Å²) in [6.07, 6.45) is 2.03. The van der Waals surface area contributed by atoms with Gasteiger partial charge in [0, 0.05) is 25.7 Å². The van der Waals surface area contributed by atoms with Crippen LogP contribution in [-0.2, 0) is 4.74 Å². The van der Waals surface area contributed by atoms with Crippen LogP contribution in [0, 0.1) is 5.92 Å². The van der Waals surface area contributed by atoms with Crippen molar-refractivity contribution < 1.29 is 4.74 Å². The van der Waals surface area contributed by atoms with Gasteiger partial charge in [0.05, 0.1) is 5.84 Å². The highest BCUT2D eigenvalue weighted by Gasteiger charge is 2.16. The Balaban J connectivity index is 2.29. The Morgan fingerprint density at radius 2 is 2.42 bits per heavy atom. The third kappa shape index (κ3) is 3.22. The maximum Gasteiger partial charge on any atom is 0.0943 e. The molecule has 3 nitrogen and oxygen atoms in total. The van der Waals surface area contributed by atoms with Crippen LogP contribution in [0.2, 0.25) is 0 Å². The molecule has 0 saturated carbocycles. The second-order valence-corrected chi connectivity index (χ2v) is 3.65. The summed E-state index contributed by atoms with van der Waals surface area (Å²) in [5.74, 6) is 1.38. The van der Waals surface area contributed by atoms with E-state index in [0.29, 0.717) is 12.0 Å². The topological polar surface area (TPSA) is 47.6 Å². The van der Waals surface area contributed by atoms with E-state index in [9.17, 15) is 0 Å². The summed E-state index contributed by atoms with van der Waals surface area (Å²) in [7, 11) is 0. The molecule has 0 aromatic carbocycles. The fraction of sp³-hybridized carbons (Fsp3) is 0.889. The first kappa shape index (κ1) is 9.52. The van der Waals surface area contributed by atoms with Crippen LogP contribution in [0.3, 0.4) is 0 Å². The zero-order valence-electron chi connectivity index (χ0n) is 7.92. The second-order valence-electron chi connectivity index (χ2n) is 3.65. The highest BCUT2D eigenvalue weighted by molar-refractivity contribution is 5.80. The van der Waals surface area contributed by atoms with Gasteiger partial charge in [-0.15, -0.1) is 0 Å². The van der Waals surface area contributed by atoms with Crippen molar-refractivity contribution in [1.29, 1.82) is 0 Å². The van der Waals surface area contributed by atoms with Gasteiger partial charge in [-0.05, 0) is 26.2 Å². The maximum atomic E-state index is 5.75. The Hall–Kier alpha value is -0.570. The molecule has 1 fully saturated rings. The van der Waals surface area contributed by atoms with E-state index >= 15 is 0 Å². The van der Waals surface area contributed by atoms with E-state index in [4.69, 9.17) is 10.5 Å². The lowest BCUT2D eigenvalue weighted by Crippen LogP contribution is -2.18. The number of hydrogen-bond donors (Lipinski definition) is 1. The molecule has 0 spiro atoms. The Kier molecular flexibility index (Phi) is 3.53. The number of nitrogens with two attached hydrogens (primary N) is 1. The van der Waals surface area contributed by atoms with E-state index < -0.39 is 0 Å². The summed E-state index contributed by atoms with van der Waals surface area (Å²) >= 11 is 0. The van der Waals surface area contributed by atoms with Crippen molar-refractivity contribution >= 4 is 5.84 Å². The molecule has 1 saturated heterocycles. The van der Waals surface area contributed by atoms with E-state index in [-0.39, 0.29) is 0 Å². The minimum Gasteiger partial charge on any atom is -0.387 e. The van der Waals surface area contributed by atoms with Gasteiger partial charge in [-0.2, -0.15) is 0 Å². The maximum absolute atomic E-state index is 5.75. The molecule has 1 atom stereocenters. The minimum absolute atomic E-state index is 0.312. The fourth-order valence-corrected chi connectivity index (χ4v) is 1.42. The number of ether oxygens (including phenoxy) is 1. The standard InChI is InChI=1S/C9H18N2O/c1-7(2)11-9(10)5-8-3-4-12-6-8/h7-8H,3-6H2,1-2H3,(H2,10,11). The molecule has 1 aliphatic heterocycles. The predicted molar refractivity (Wildman–Crippen MR) is 50.3 cm³/mol. The normalized spacial score (nSPS) is 25.2. The van der Waals surface area contributed by atoms with Gasteiger partial charge in [0.1, 0.15) is 0 Å². The summed E-state index contributed by atoms with van der Waals surface area (Å²) < 4.78 is 5.25. The van der Waals surface area contributed by atoms with Crippen LogP contribution >= 0.6 is 0 Å². The van der Waals surface area contributed by atoms with Crippen LogP contribution in [0.15, 0.2) is 4.99 Å². The molecule has 0 aromatic heterocycles. The SMILES string of the molecule is CC(C)N=C(N)CC1CCOC1. The van der Waals surface area contributed by atoms with E-state index in [2.05, 4.69) is 4.99 Å². The van der Waals surface area contributed by atoms with Gasteiger partial charge in [-0.1, -0.05) is 0 Å². The molecular weight excluding hydrogens is 152 g/mol. The van der Waals surface area contributed by atoms with Crippen molar-refractivity contribution in [3.63, 3.8) is 0 Å². The number of hydrogen-bond acceptors (Lipinski definition) is 2. The third-order valence-corrected chi connectivity index (χ3v) is 1.95. The molecule has 70 valence electrons. The highest BCUT2D eigenvalue weighted by Crippen LogP contribution is 2.15. The predicted octanol–water partition coefficient (Wildman–Crippen LogP) is 1.18. The molecule has 1 rings (SSSR count). The smallest absolute Gasteiger partial charge is 0.0943 e. The van der Waals surface area contributed by atoms with E-state index in [1.165, 1.54) is 0 Å². The van der Waals surface area contributed by atoms with E-state index in [0.717, 1.165) is 31.9 Å². The molecule has 0 bridgehead atoms. The summed E-state index contributed by atoms with van der Waals surface area (Å²) in [6, 6.07) is 0.312. The first-order valence-corrected chi connectivity index (χ1v) is 4.58. The number of rotatable bonds is 3. The molecule has 0 aromatic rings. The van der Waals surface area contributed by atoms with Crippen LogP contribution in [0.5, 0.6) is 0 Å². The molecule has 0 amide bonds. The Morgan fingerprint density at radius 1 is 1.67 bits per heavy atom. The van der Waals surface area contributed by atoms with Crippen LogP contribution in [0.4, 0.5) is 0 Å². The average Bonchev–Trinajstić information content (AvgIpc) is 2.37. The van der Waals surface area contributed by atoms with Crippen molar-refractivity contribution in [1.82, 2.24) is 0 Å². The molecule has 12 heavy (non-hydrogen) atoms. The van der Waals surface area contributed by atoms with Crippen LogP contribution < -0.4 is 5.73 Å². The lowest BCUT2D eigenvalue weighted by atomic mass is 10.0. The Labute approximate surface area is 74.0 Å². The third-order valence-electron chi connectivity index (χ3n) is 1.95. The first-order valence-electron chi connectivity index (χ1n) is 4.58. The molecular formula is C9H18N2O. The molecule has 1 unspecified atom stereocenters. The molecule has 1 heterocycles. The lowest BCUT2D eigenvalue weighted by Gasteiger charge is -2.07. The van der Waals surface area contributed by atoms with Crippen molar-refractivity contribution in [2.75, 3.05) is 13.2 Å².